The lowest BCUT2D eigenvalue weighted by Gasteiger charge is -2.22. The first kappa shape index (κ1) is 15.2. The molecule has 0 bridgehead atoms. The first-order chi connectivity index (χ1) is 11.1. The second kappa shape index (κ2) is 5.83. The first-order valence-electron chi connectivity index (χ1n) is 7.31. The van der Waals surface area contributed by atoms with Gasteiger partial charge in [-0.1, -0.05) is 30.3 Å². The van der Waals surface area contributed by atoms with Gasteiger partial charge in [-0.25, -0.2) is 0 Å². The number of ether oxygens (including phenoxy) is 2. The molecular weight excluding hydrogens is 294 g/mol. The van der Waals surface area contributed by atoms with E-state index in [1.807, 2.05) is 36.4 Å². The molecule has 0 radical (unpaired) electrons. The van der Waals surface area contributed by atoms with Crippen molar-refractivity contribution < 1.29 is 19.1 Å². The quantitative estimate of drug-likeness (QED) is 0.642. The Kier molecular flexibility index (Phi) is 3.86. The molecule has 0 atom stereocenters. The molecule has 0 aliphatic heterocycles. The van der Waals surface area contributed by atoms with Crippen molar-refractivity contribution in [2.45, 2.75) is 12.8 Å². The summed E-state index contributed by atoms with van der Waals surface area (Å²) in [7, 11) is 2.56. The van der Waals surface area contributed by atoms with E-state index in [4.69, 9.17) is 9.47 Å². The lowest BCUT2D eigenvalue weighted by Crippen LogP contribution is -2.42. The number of rotatable bonds is 3. The molecule has 1 aromatic carbocycles. The molecule has 0 saturated heterocycles. The molecule has 0 unspecified atom stereocenters. The summed E-state index contributed by atoms with van der Waals surface area (Å²) in [6, 6.07) is 11.7. The van der Waals surface area contributed by atoms with Crippen molar-refractivity contribution in [2.24, 2.45) is 5.41 Å². The van der Waals surface area contributed by atoms with Gasteiger partial charge < -0.3 is 9.47 Å². The predicted octanol–water partition coefficient (Wildman–Crippen LogP) is 2.18. The monoisotopic (exact) mass is 311 g/mol. The Labute approximate surface area is 134 Å². The van der Waals surface area contributed by atoms with Crippen LogP contribution in [0.2, 0.25) is 0 Å². The molecule has 118 valence electrons. The van der Waals surface area contributed by atoms with Crippen LogP contribution in [0.3, 0.4) is 0 Å². The number of benzene rings is 1. The summed E-state index contributed by atoms with van der Waals surface area (Å²) in [6.07, 6.45) is 2.25. The number of hydrogen-bond acceptors (Lipinski definition) is 5. The van der Waals surface area contributed by atoms with Crippen LogP contribution in [0.4, 0.5) is 0 Å². The van der Waals surface area contributed by atoms with Gasteiger partial charge in [-0.2, -0.15) is 0 Å². The van der Waals surface area contributed by atoms with Crippen LogP contribution in [0.5, 0.6) is 0 Å². The third kappa shape index (κ3) is 2.48. The standard InChI is InChI=1S/C18H17NO4/c1-22-16(20)18(17(21)23-2)9-13-8-15(19-11-14(13)10-18)12-6-4-3-5-7-12/h3-8,11H,9-10H2,1-2H3. The fourth-order valence-electron chi connectivity index (χ4n) is 3.09. The van der Waals surface area contributed by atoms with E-state index < -0.39 is 17.4 Å². The highest BCUT2D eigenvalue weighted by molar-refractivity contribution is 6.01. The maximum atomic E-state index is 12.2. The number of carbonyl (C=O) groups is 2. The van der Waals surface area contributed by atoms with Gasteiger partial charge in [0.1, 0.15) is 0 Å². The normalized spacial score (nSPS) is 14.9. The highest BCUT2D eigenvalue weighted by atomic mass is 16.5. The van der Waals surface area contributed by atoms with Gasteiger partial charge in [-0.15, -0.1) is 0 Å². The number of carbonyl (C=O) groups excluding carboxylic acids is 2. The molecule has 0 spiro atoms. The van der Waals surface area contributed by atoms with E-state index in [2.05, 4.69) is 4.98 Å². The van der Waals surface area contributed by atoms with Gasteiger partial charge in [0.05, 0.1) is 19.9 Å². The first-order valence-corrected chi connectivity index (χ1v) is 7.31. The number of methoxy groups -OCH3 is 2. The Hall–Kier alpha value is -2.69. The maximum Gasteiger partial charge on any atom is 0.323 e. The molecular formula is C18H17NO4. The van der Waals surface area contributed by atoms with Crippen molar-refractivity contribution in [3.8, 4) is 11.3 Å². The average molecular weight is 311 g/mol. The van der Waals surface area contributed by atoms with E-state index in [0.29, 0.717) is 0 Å². The van der Waals surface area contributed by atoms with Crippen LogP contribution in [0.25, 0.3) is 11.3 Å². The highest BCUT2D eigenvalue weighted by Crippen LogP contribution is 2.40. The zero-order chi connectivity index (χ0) is 16.4. The number of aromatic nitrogens is 1. The van der Waals surface area contributed by atoms with Gasteiger partial charge in [0.2, 0.25) is 0 Å². The third-order valence-corrected chi connectivity index (χ3v) is 4.29. The lowest BCUT2D eigenvalue weighted by atomic mass is 9.85. The second-order valence-corrected chi connectivity index (χ2v) is 5.62. The summed E-state index contributed by atoms with van der Waals surface area (Å²) in [5.41, 5.74) is 2.30. The van der Waals surface area contributed by atoms with Crippen LogP contribution in [-0.2, 0) is 31.9 Å². The molecule has 5 heteroatoms. The number of hydrogen-bond donors (Lipinski definition) is 0. The van der Waals surface area contributed by atoms with Crippen molar-refractivity contribution in [1.29, 1.82) is 0 Å². The summed E-state index contributed by atoms with van der Waals surface area (Å²) in [5.74, 6) is -1.14. The summed E-state index contributed by atoms with van der Waals surface area (Å²) in [6.45, 7) is 0. The van der Waals surface area contributed by atoms with Gasteiger partial charge in [-0.05, 0) is 23.6 Å². The second-order valence-electron chi connectivity index (χ2n) is 5.62. The van der Waals surface area contributed by atoms with Gasteiger partial charge >= 0.3 is 11.9 Å². The maximum absolute atomic E-state index is 12.2. The topological polar surface area (TPSA) is 65.5 Å². The number of esters is 2. The summed E-state index contributed by atoms with van der Waals surface area (Å²) in [5, 5.41) is 0. The van der Waals surface area contributed by atoms with Crippen LogP contribution in [0.1, 0.15) is 11.1 Å². The average Bonchev–Trinajstić information content (AvgIpc) is 3.00. The molecule has 23 heavy (non-hydrogen) atoms. The molecule has 1 heterocycles. The summed E-state index contributed by atoms with van der Waals surface area (Å²) >= 11 is 0. The Morgan fingerprint density at radius 3 is 2.22 bits per heavy atom. The van der Waals surface area contributed by atoms with Crippen molar-refractivity contribution in [3.05, 3.63) is 53.7 Å². The molecule has 1 aliphatic carbocycles. The molecule has 0 amide bonds. The van der Waals surface area contributed by atoms with Gasteiger partial charge in [-0.3, -0.25) is 14.6 Å². The molecule has 3 rings (SSSR count). The Bertz CT molecular complexity index is 739. The predicted molar refractivity (Wildman–Crippen MR) is 83.5 cm³/mol. The Morgan fingerprint density at radius 2 is 1.61 bits per heavy atom. The van der Waals surface area contributed by atoms with Crippen molar-refractivity contribution >= 4 is 11.9 Å². The van der Waals surface area contributed by atoms with E-state index in [0.717, 1.165) is 22.4 Å². The molecule has 2 aromatic rings. The minimum Gasteiger partial charge on any atom is -0.468 e. The molecule has 1 aliphatic rings. The van der Waals surface area contributed by atoms with E-state index in [9.17, 15) is 9.59 Å². The fraction of sp³-hybridized carbons (Fsp3) is 0.278. The molecule has 1 aromatic heterocycles. The smallest absolute Gasteiger partial charge is 0.323 e. The summed E-state index contributed by atoms with van der Waals surface area (Å²) in [4.78, 5) is 28.9. The number of pyridine rings is 1. The van der Waals surface area contributed by atoms with Crippen LogP contribution >= 0.6 is 0 Å². The van der Waals surface area contributed by atoms with Crippen LogP contribution < -0.4 is 0 Å². The van der Waals surface area contributed by atoms with Crippen LogP contribution in [0, 0.1) is 5.41 Å². The largest absolute Gasteiger partial charge is 0.468 e. The number of fused-ring (bicyclic) bond motifs is 1. The zero-order valence-electron chi connectivity index (χ0n) is 13.0. The Morgan fingerprint density at radius 1 is 1.00 bits per heavy atom. The molecule has 5 nitrogen and oxygen atoms in total. The van der Waals surface area contributed by atoms with E-state index >= 15 is 0 Å². The van der Waals surface area contributed by atoms with E-state index in [1.165, 1.54) is 14.2 Å². The van der Waals surface area contributed by atoms with E-state index in [-0.39, 0.29) is 12.8 Å². The van der Waals surface area contributed by atoms with Crippen molar-refractivity contribution in [1.82, 2.24) is 4.98 Å². The lowest BCUT2D eigenvalue weighted by molar-refractivity contribution is -0.168. The van der Waals surface area contributed by atoms with Crippen molar-refractivity contribution in [3.63, 3.8) is 0 Å². The van der Waals surface area contributed by atoms with Crippen LogP contribution in [0.15, 0.2) is 42.6 Å². The highest BCUT2D eigenvalue weighted by Gasteiger charge is 2.52. The van der Waals surface area contributed by atoms with Gasteiger partial charge in [0, 0.05) is 18.2 Å². The van der Waals surface area contributed by atoms with Crippen LogP contribution in [-0.4, -0.2) is 31.1 Å². The Balaban J connectivity index is 2.00. The minimum atomic E-state index is -1.30. The minimum absolute atomic E-state index is 0.254. The number of nitrogens with zero attached hydrogens (tertiary/aromatic N) is 1. The van der Waals surface area contributed by atoms with Crippen molar-refractivity contribution in [2.75, 3.05) is 14.2 Å². The molecule has 0 N–H and O–H groups in total. The SMILES string of the molecule is COC(=O)C1(C(=O)OC)Cc2cnc(-c3ccccc3)cc2C1. The molecule has 0 saturated carbocycles. The zero-order valence-corrected chi connectivity index (χ0v) is 13.0. The van der Waals surface area contributed by atoms with Gasteiger partial charge in [0.25, 0.3) is 0 Å². The third-order valence-electron chi connectivity index (χ3n) is 4.29. The summed E-state index contributed by atoms with van der Waals surface area (Å²) < 4.78 is 9.69. The van der Waals surface area contributed by atoms with Gasteiger partial charge in [0.15, 0.2) is 5.41 Å². The fourth-order valence-corrected chi connectivity index (χ4v) is 3.09. The van der Waals surface area contributed by atoms with E-state index in [1.54, 1.807) is 6.20 Å². The molecule has 0 fully saturated rings.